The Morgan fingerprint density at radius 3 is 2.56 bits per heavy atom. The van der Waals surface area contributed by atoms with E-state index in [4.69, 9.17) is 18.9 Å². The number of likely N-dealkylation sites (tertiary alicyclic amines) is 1. The van der Waals surface area contributed by atoms with Gasteiger partial charge in [-0.3, -0.25) is 0 Å². The highest BCUT2D eigenvalue weighted by Gasteiger charge is 2.32. The minimum Gasteiger partial charge on any atom is -0.496 e. The van der Waals surface area contributed by atoms with Gasteiger partial charge in [0.25, 0.3) is 0 Å². The predicted molar refractivity (Wildman–Crippen MR) is 172 cm³/mol. The maximum atomic E-state index is 12.2. The van der Waals surface area contributed by atoms with E-state index in [0.717, 1.165) is 45.4 Å². The van der Waals surface area contributed by atoms with Crippen LogP contribution in [0.2, 0.25) is 0 Å². The first kappa shape index (κ1) is 31.8. The van der Waals surface area contributed by atoms with Gasteiger partial charge in [0.15, 0.2) is 0 Å². The fraction of sp³-hybridized carbons (Fsp3) is 0.333. The summed E-state index contributed by atoms with van der Waals surface area (Å²) in [7, 11) is 3.04. The number of carboxylic acid groups (broad SMARTS) is 1. The third kappa shape index (κ3) is 8.12. The van der Waals surface area contributed by atoms with Crippen LogP contribution >= 0.6 is 0 Å². The number of fused-ring (bicyclic) bond motifs is 1. The molecule has 2 N–H and O–H groups in total. The van der Waals surface area contributed by atoms with E-state index in [1.54, 1.807) is 13.2 Å². The zero-order valence-corrected chi connectivity index (χ0v) is 25.7. The van der Waals surface area contributed by atoms with E-state index in [0.29, 0.717) is 51.4 Å². The molecule has 0 spiro atoms. The average Bonchev–Trinajstić information content (AvgIpc) is 3.08. The van der Waals surface area contributed by atoms with E-state index in [9.17, 15) is 14.7 Å². The highest BCUT2D eigenvalue weighted by atomic mass is 16.5. The molecule has 1 aliphatic rings. The van der Waals surface area contributed by atoms with Gasteiger partial charge in [0, 0.05) is 43.6 Å². The topological polar surface area (TPSA) is 107 Å². The van der Waals surface area contributed by atoms with Gasteiger partial charge in [-0.2, -0.15) is 0 Å². The molecule has 1 heterocycles. The van der Waals surface area contributed by atoms with Crippen molar-refractivity contribution in [1.82, 2.24) is 10.2 Å². The molecule has 9 heteroatoms. The van der Waals surface area contributed by atoms with E-state index < -0.39 is 6.09 Å². The number of hydrogen-bond acceptors (Lipinski definition) is 7. The van der Waals surface area contributed by atoms with Crippen LogP contribution in [0.5, 0.6) is 11.5 Å². The first-order valence-electron chi connectivity index (χ1n) is 15.2. The minimum atomic E-state index is -0.906. The van der Waals surface area contributed by atoms with E-state index in [-0.39, 0.29) is 17.9 Å². The molecule has 45 heavy (non-hydrogen) atoms. The number of para-hydroxylation sites is 1. The number of rotatable bonds is 13. The molecular formula is C36H40N2O7. The summed E-state index contributed by atoms with van der Waals surface area (Å²) < 4.78 is 22.1. The number of methoxy groups -OCH3 is 2. The van der Waals surface area contributed by atoms with Crippen LogP contribution in [-0.2, 0) is 22.6 Å². The van der Waals surface area contributed by atoms with Gasteiger partial charge in [-0.05, 0) is 58.7 Å². The van der Waals surface area contributed by atoms with Crippen LogP contribution in [0.25, 0.3) is 10.8 Å². The average molecular weight is 613 g/mol. The Kier molecular flexibility index (Phi) is 10.9. The molecule has 1 amide bonds. The lowest BCUT2D eigenvalue weighted by Gasteiger charge is -2.38. The van der Waals surface area contributed by atoms with E-state index in [1.165, 1.54) is 12.0 Å². The normalized spacial score (nSPS) is 16.4. The van der Waals surface area contributed by atoms with E-state index >= 15 is 0 Å². The van der Waals surface area contributed by atoms with Gasteiger partial charge >= 0.3 is 12.1 Å². The molecule has 2 atom stereocenters. The van der Waals surface area contributed by atoms with Crippen molar-refractivity contribution in [2.45, 2.75) is 38.0 Å². The van der Waals surface area contributed by atoms with Gasteiger partial charge in [0.1, 0.15) is 11.5 Å². The summed E-state index contributed by atoms with van der Waals surface area (Å²) in [5.41, 5.74) is 3.74. The van der Waals surface area contributed by atoms with Crippen LogP contribution in [0.3, 0.4) is 0 Å². The molecule has 5 rings (SSSR count). The van der Waals surface area contributed by atoms with E-state index in [1.807, 2.05) is 60.7 Å². The first-order chi connectivity index (χ1) is 22.0. The second kappa shape index (κ2) is 15.4. The standard InChI is InChI=1S/C36H40N2O7/c1-42-34-10-4-3-7-28(34)24-44-19-6-20-45-29-14-12-26(13-15-29)31-17-18-38(36(40)41)23-33(31)37-22-25-11-16-30-27(21-25)8-5-9-32(30)35(39)43-2/h3-5,7-16,21,31,33,37H,6,17-20,22-24H2,1-2H3,(H,40,41). The van der Waals surface area contributed by atoms with Crippen molar-refractivity contribution in [2.24, 2.45) is 0 Å². The van der Waals surface area contributed by atoms with Crippen molar-refractivity contribution < 1.29 is 33.6 Å². The van der Waals surface area contributed by atoms with Crippen molar-refractivity contribution in [2.75, 3.05) is 40.5 Å². The lowest BCUT2D eigenvalue weighted by atomic mass is 9.85. The highest BCUT2D eigenvalue weighted by Crippen LogP contribution is 2.31. The number of amides is 1. The number of nitrogens with one attached hydrogen (secondary N) is 1. The number of piperidine rings is 1. The summed E-state index contributed by atoms with van der Waals surface area (Å²) in [5, 5.41) is 15.1. The van der Waals surface area contributed by atoms with Gasteiger partial charge in [0.2, 0.25) is 0 Å². The number of carbonyl (C=O) groups is 2. The fourth-order valence-corrected chi connectivity index (χ4v) is 5.88. The number of nitrogens with zero attached hydrogens (tertiary/aromatic N) is 1. The molecule has 9 nitrogen and oxygen atoms in total. The molecule has 1 saturated heterocycles. The van der Waals surface area contributed by atoms with Crippen LogP contribution in [-0.4, -0.2) is 68.6 Å². The van der Waals surface area contributed by atoms with Crippen LogP contribution in [0.1, 0.15) is 45.8 Å². The highest BCUT2D eigenvalue weighted by molar-refractivity contribution is 6.04. The van der Waals surface area contributed by atoms with Gasteiger partial charge in [-0.1, -0.05) is 54.6 Å². The number of ether oxygens (including phenoxy) is 4. The molecule has 0 bridgehead atoms. The summed E-state index contributed by atoms with van der Waals surface area (Å²) in [6, 6.07) is 27.4. The van der Waals surface area contributed by atoms with Crippen molar-refractivity contribution in [3.8, 4) is 11.5 Å². The van der Waals surface area contributed by atoms with Crippen molar-refractivity contribution in [1.29, 1.82) is 0 Å². The zero-order valence-electron chi connectivity index (χ0n) is 25.7. The summed E-state index contributed by atoms with van der Waals surface area (Å²) in [6.07, 6.45) is 0.570. The van der Waals surface area contributed by atoms with Gasteiger partial charge in [-0.25, -0.2) is 9.59 Å². The number of esters is 1. The van der Waals surface area contributed by atoms with Gasteiger partial charge in [-0.15, -0.1) is 0 Å². The first-order valence-corrected chi connectivity index (χ1v) is 15.2. The Morgan fingerprint density at radius 2 is 1.78 bits per heavy atom. The molecule has 0 radical (unpaired) electrons. The molecule has 2 unspecified atom stereocenters. The van der Waals surface area contributed by atoms with Crippen LogP contribution in [0.15, 0.2) is 84.9 Å². The smallest absolute Gasteiger partial charge is 0.407 e. The second-order valence-electron chi connectivity index (χ2n) is 11.1. The Hall–Kier alpha value is -4.60. The Bertz CT molecular complexity index is 1590. The Morgan fingerprint density at radius 1 is 0.956 bits per heavy atom. The largest absolute Gasteiger partial charge is 0.496 e. The molecule has 1 fully saturated rings. The fourth-order valence-electron chi connectivity index (χ4n) is 5.88. The molecular weight excluding hydrogens is 572 g/mol. The lowest BCUT2D eigenvalue weighted by Crippen LogP contribution is -2.51. The maximum Gasteiger partial charge on any atom is 0.407 e. The van der Waals surface area contributed by atoms with Crippen LogP contribution in [0, 0.1) is 0 Å². The number of benzene rings is 4. The Labute approximate surface area is 263 Å². The van der Waals surface area contributed by atoms with E-state index in [2.05, 4.69) is 23.5 Å². The SMILES string of the molecule is COC(=O)c1cccc2cc(CNC3CN(C(=O)O)CCC3c3ccc(OCCCOCc4ccccc4OC)cc3)ccc12. The molecule has 4 aromatic rings. The second-order valence-corrected chi connectivity index (χ2v) is 11.1. The van der Waals surface area contributed by atoms with Crippen molar-refractivity contribution >= 4 is 22.8 Å². The predicted octanol–water partition coefficient (Wildman–Crippen LogP) is 6.25. The van der Waals surface area contributed by atoms with Crippen molar-refractivity contribution in [3.63, 3.8) is 0 Å². The number of hydrogen-bond donors (Lipinski definition) is 2. The summed E-state index contributed by atoms with van der Waals surface area (Å²) in [6.45, 7) is 3.05. The number of carbonyl (C=O) groups excluding carboxylic acids is 1. The Balaban J connectivity index is 1.16. The summed E-state index contributed by atoms with van der Waals surface area (Å²) >= 11 is 0. The van der Waals surface area contributed by atoms with Crippen LogP contribution < -0.4 is 14.8 Å². The molecule has 0 aliphatic carbocycles. The van der Waals surface area contributed by atoms with Crippen molar-refractivity contribution in [3.05, 3.63) is 107 Å². The summed E-state index contributed by atoms with van der Waals surface area (Å²) in [4.78, 5) is 25.5. The monoisotopic (exact) mass is 612 g/mol. The quantitative estimate of drug-likeness (QED) is 0.135. The molecule has 4 aromatic carbocycles. The van der Waals surface area contributed by atoms with Gasteiger partial charge < -0.3 is 34.3 Å². The third-order valence-corrected chi connectivity index (χ3v) is 8.26. The zero-order chi connectivity index (χ0) is 31.6. The molecule has 0 saturated carbocycles. The molecule has 1 aliphatic heterocycles. The minimum absolute atomic E-state index is 0.0703. The maximum absolute atomic E-state index is 12.2. The molecule has 0 aromatic heterocycles. The molecule has 236 valence electrons. The van der Waals surface area contributed by atoms with Crippen LogP contribution in [0.4, 0.5) is 4.79 Å². The lowest BCUT2D eigenvalue weighted by molar-refractivity contribution is 0.0603. The summed E-state index contributed by atoms with van der Waals surface area (Å²) in [5.74, 6) is 1.39. The van der Waals surface area contributed by atoms with Gasteiger partial charge in [0.05, 0.1) is 39.6 Å². The third-order valence-electron chi connectivity index (χ3n) is 8.26.